The van der Waals surface area contributed by atoms with Crippen molar-refractivity contribution in [2.45, 2.75) is 13.0 Å². The van der Waals surface area contributed by atoms with Gasteiger partial charge >= 0.3 is 0 Å². The molecule has 1 aliphatic rings. The summed E-state index contributed by atoms with van der Waals surface area (Å²) >= 11 is 6.04. The molecule has 1 aliphatic heterocycles. The Bertz CT molecular complexity index is 616. The summed E-state index contributed by atoms with van der Waals surface area (Å²) in [6.07, 6.45) is 0.937. The minimum atomic E-state index is 0.337. The van der Waals surface area contributed by atoms with Gasteiger partial charge in [-0.25, -0.2) is 9.97 Å². The normalized spacial score (nSPS) is 13.2. The van der Waals surface area contributed by atoms with Crippen LogP contribution in [-0.2, 0) is 17.8 Å². The summed E-state index contributed by atoms with van der Waals surface area (Å²) < 4.78 is 10.7. The molecule has 3 rings (SSSR count). The Labute approximate surface area is 116 Å². The smallest absolute Gasteiger partial charge is 0.156 e. The van der Waals surface area contributed by atoms with Crippen LogP contribution in [0, 0.1) is 0 Å². The third kappa shape index (κ3) is 2.41. The maximum absolute atomic E-state index is 6.04. The average Bonchev–Trinajstić information content (AvgIpc) is 2.86. The van der Waals surface area contributed by atoms with Crippen molar-refractivity contribution in [1.82, 2.24) is 9.97 Å². The van der Waals surface area contributed by atoms with Gasteiger partial charge in [0.25, 0.3) is 0 Å². The number of nitrogens with zero attached hydrogens (tertiary/aromatic N) is 2. The van der Waals surface area contributed by atoms with Gasteiger partial charge < -0.3 is 9.47 Å². The van der Waals surface area contributed by atoms with Crippen LogP contribution in [-0.4, -0.2) is 23.7 Å². The fourth-order valence-corrected chi connectivity index (χ4v) is 2.41. The summed E-state index contributed by atoms with van der Waals surface area (Å²) in [4.78, 5) is 8.60. The molecule has 0 fully saturated rings. The number of methoxy groups -OCH3 is 1. The van der Waals surface area contributed by atoms with E-state index in [-0.39, 0.29) is 0 Å². The van der Waals surface area contributed by atoms with Crippen molar-refractivity contribution in [1.29, 1.82) is 0 Å². The van der Waals surface area contributed by atoms with E-state index in [1.54, 1.807) is 13.2 Å². The van der Waals surface area contributed by atoms with Crippen molar-refractivity contribution in [3.63, 3.8) is 0 Å². The number of halogens is 1. The maximum Gasteiger partial charge on any atom is 0.156 e. The number of aromatic nitrogens is 2. The van der Waals surface area contributed by atoms with E-state index in [1.807, 2.05) is 12.1 Å². The van der Waals surface area contributed by atoms with E-state index < -0.39 is 0 Å². The highest BCUT2D eigenvalue weighted by Gasteiger charge is 2.18. The first-order valence-corrected chi connectivity index (χ1v) is 6.43. The number of hydrogen-bond acceptors (Lipinski definition) is 4. The van der Waals surface area contributed by atoms with Crippen molar-refractivity contribution in [2.24, 2.45) is 0 Å². The zero-order valence-corrected chi connectivity index (χ0v) is 11.3. The van der Waals surface area contributed by atoms with Gasteiger partial charge in [-0.15, -0.1) is 0 Å². The summed E-state index contributed by atoms with van der Waals surface area (Å²) in [5.74, 6) is 1.47. The molecule has 0 saturated heterocycles. The fraction of sp³-hybridized carbons (Fsp3) is 0.286. The zero-order valence-electron chi connectivity index (χ0n) is 10.5. The van der Waals surface area contributed by atoms with Crippen LogP contribution in [0.15, 0.2) is 24.3 Å². The van der Waals surface area contributed by atoms with Gasteiger partial charge in [0.15, 0.2) is 5.82 Å². The van der Waals surface area contributed by atoms with Gasteiger partial charge in [0.1, 0.15) is 17.5 Å². The lowest BCUT2D eigenvalue weighted by atomic mass is 10.1. The van der Waals surface area contributed by atoms with Crippen molar-refractivity contribution >= 4 is 11.6 Å². The number of ether oxygens (including phenoxy) is 2. The average molecular weight is 277 g/mol. The topological polar surface area (TPSA) is 44.2 Å². The standard InChI is InChI=1S/C14H13ClN2O2/c1-18-8-13-16-11(7-12(15)17-13)10-4-2-3-9-5-6-19-14(9)10/h2-4,7H,5-6,8H2,1H3. The molecule has 1 aromatic carbocycles. The van der Waals surface area contributed by atoms with E-state index in [9.17, 15) is 0 Å². The van der Waals surface area contributed by atoms with Gasteiger partial charge in [0.05, 0.1) is 12.3 Å². The molecule has 98 valence electrons. The molecule has 0 N–H and O–H groups in total. The molecule has 0 radical (unpaired) electrons. The molecule has 0 amide bonds. The quantitative estimate of drug-likeness (QED) is 0.809. The Morgan fingerprint density at radius 1 is 1.37 bits per heavy atom. The first kappa shape index (κ1) is 12.4. The van der Waals surface area contributed by atoms with E-state index in [0.29, 0.717) is 17.6 Å². The number of rotatable bonds is 3. The molecule has 1 aromatic heterocycles. The predicted molar refractivity (Wildman–Crippen MR) is 72.4 cm³/mol. The summed E-state index contributed by atoms with van der Waals surface area (Å²) in [5.41, 5.74) is 2.93. The molecule has 4 nitrogen and oxygen atoms in total. The molecule has 2 heterocycles. The Morgan fingerprint density at radius 3 is 3.11 bits per heavy atom. The molecular formula is C14H13ClN2O2. The van der Waals surface area contributed by atoms with E-state index in [4.69, 9.17) is 21.1 Å². The highest BCUT2D eigenvalue weighted by Crippen LogP contribution is 2.36. The fourth-order valence-electron chi connectivity index (χ4n) is 2.21. The Balaban J connectivity index is 2.09. The first-order valence-electron chi connectivity index (χ1n) is 6.05. The zero-order chi connectivity index (χ0) is 13.2. The molecule has 0 aliphatic carbocycles. The van der Waals surface area contributed by atoms with Gasteiger partial charge in [0, 0.05) is 25.2 Å². The van der Waals surface area contributed by atoms with E-state index in [0.717, 1.165) is 30.0 Å². The second-order valence-electron chi connectivity index (χ2n) is 4.32. The van der Waals surface area contributed by atoms with Crippen molar-refractivity contribution in [2.75, 3.05) is 13.7 Å². The minimum absolute atomic E-state index is 0.337. The second kappa shape index (κ2) is 5.15. The van der Waals surface area contributed by atoms with Gasteiger partial charge in [-0.3, -0.25) is 0 Å². The Kier molecular flexibility index (Phi) is 3.36. The van der Waals surface area contributed by atoms with Gasteiger partial charge in [-0.05, 0) is 11.6 Å². The van der Waals surface area contributed by atoms with Crippen LogP contribution in [0.5, 0.6) is 5.75 Å². The van der Waals surface area contributed by atoms with Gasteiger partial charge in [-0.2, -0.15) is 0 Å². The number of para-hydroxylation sites is 1. The monoisotopic (exact) mass is 276 g/mol. The number of benzene rings is 1. The molecule has 5 heteroatoms. The molecule has 0 saturated carbocycles. The SMILES string of the molecule is COCc1nc(Cl)cc(-c2cccc3c2OCC3)n1. The minimum Gasteiger partial charge on any atom is -0.492 e. The highest BCUT2D eigenvalue weighted by atomic mass is 35.5. The molecule has 0 atom stereocenters. The first-order chi connectivity index (χ1) is 9.28. The Morgan fingerprint density at radius 2 is 2.26 bits per heavy atom. The van der Waals surface area contributed by atoms with Crippen molar-refractivity contribution < 1.29 is 9.47 Å². The Hall–Kier alpha value is -1.65. The van der Waals surface area contributed by atoms with E-state index in [2.05, 4.69) is 16.0 Å². The predicted octanol–water partition coefficient (Wildman–Crippen LogP) is 2.88. The largest absolute Gasteiger partial charge is 0.492 e. The van der Waals surface area contributed by atoms with Crippen LogP contribution >= 0.6 is 11.6 Å². The maximum atomic E-state index is 6.04. The molecule has 2 aromatic rings. The van der Waals surface area contributed by atoms with Crippen LogP contribution in [0.3, 0.4) is 0 Å². The number of hydrogen-bond donors (Lipinski definition) is 0. The van der Waals surface area contributed by atoms with Crippen LogP contribution in [0.1, 0.15) is 11.4 Å². The van der Waals surface area contributed by atoms with E-state index in [1.165, 1.54) is 5.56 Å². The summed E-state index contributed by atoms with van der Waals surface area (Å²) in [7, 11) is 1.60. The van der Waals surface area contributed by atoms with Gasteiger partial charge in [-0.1, -0.05) is 23.7 Å². The lowest BCUT2D eigenvalue weighted by molar-refractivity contribution is 0.178. The summed E-state index contributed by atoms with van der Waals surface area (Å²) in [6.45, 7) is 1.06. The van der Waals surface area contributed by atoms with Crippen molar-refractivity contribution in [3.8, 4) is 17.0 Å². The van der Waals surface area contributed by atoms with Crippen LogP contribution in [0.25, 0.3) is 11.3 Å². The molecule has 19 heavy (non-hydrogen) atoms. The molecule has 0 spiro atoms. The lowest BCUT2D eigenvalue weighted by Gasteiger charge is -2.09. The third-order valence-corrected chi connectivity index (χ3v) is 3.20. The van der Waals surface area contributed by atoms with Crippen LogP contribution < -0.4 is 4.74 Å². The number of fused-ring (bicyclic) bond motifs is 1. The molecular weight excluding hydrogens is 264 g/mol. The van der Waals surface area contributed by atoms with Crippen molar-refractivity contribution in [3.05, 3.63) is 40.8 Å². The van der Waals surface area contributed by atoms with Crippen LogP contribution in [0.4, 0.5) is 0 Å². The summed E-state index contributed by atoms with van der Waals surface area (Å²) in [5, 5.41) is 0.410. The molecule has 0 bridgehead atoms. The molecule has 0 unspecified atom stereocenters. The third-order valence-electron chi connectivity index (χ3n) is 3.00. The highest BCUT2D eigenvalue weighted by molar-refractivity contribution is 6.29. The van der Waals surface area contributed by atoms with Crippen LogP contribution in [0.2, 0.25) is 5.15 Å². The second-order valence-corrected chi connectivity index (χ2v) is 4.70. The van der Waals surface area contributed by atoms with Gasteiger partial charge in [0.2, 0.25) is 0 Å². The lowest BCUT2D eigenvalue weighted by Crippen LogP contribution is -1.99. The summed E-state index contributed by atoms with van der Waals surface area (Å²) in [6, 6.07) is 7.82. The van der Waals surface area contributed by atoms with E-state index >= 15 is 0 Å².